The molecule has 4 rings (SSSR count). The van der Waals surface area contributed by atoms with Gasteiger partial charge in [-0.05, 0) is 55.4 Å². The number of carboxylic acids is 1. The Bertz CT molecular complexity index is 1280. The van der Waals surface area contributed by atoms with Gasteiger partial charge in [0.05, 0.1) is 12.1 Å². The number of nitrogens with zero attached hydrogens (tertiary/aromatic N) is 3. The summed E-state index contributed by atoms with van der Waals surface area (Å²) < 4.78 is 28.3. The lowest BCUT2D eigenvalue weighted by atomic mass is 9.82. The van der Waals surface area contributed by atoms with E-state index in [0.717, 1.165) is 31.5 Å². The van der Waals surface area contributed by atoms with Gasteiger partial charge < -0.3 is 21.1 Å². The van der Waals surface area contributed by atoms with Crippen molar-refractivity contribution >= 4 is 23.3 Å². The summed E-state index contributed by atoms with van der Waals surface area (Å²) in [7, 11) is 0. The van der Waals surface area contributed by atoms with Crippen LogP contribution in [0.5, 0.6) is 0 Å². The van der Waals surface area contributed by atoms with Gasteiger partial charge in [-0.2, -0.15) is 0 Å². The Hall–Kier alpha value is -3.75. The second kappa shape index (κ2) is 10.7. The van der Waals surface area contributed by atoms with Crippen LogP contribution in [-0.4, -0.2) is 40.7 Å². The van der Waals surface area contributed by atoms with Gasteiger partial charge in [-0.3, -0.25) is 4.79 Å². The van der Waals surface area contributed by atoms with Crippen molar-refractivity contribution < 1.29 is 18.7 Å². The standard InChI is InChI=1S/C28H33F2N5O2/c1-17-21(15-23(36)37)25(35-12-9-28(2,3)10-13-35)24(26(31)34-17)19-14-22(30)27(33-16-19)32-11-8-18-4-6-20(29)7-5-18/h4-7,14,16H,8-13,15H2,1-3H3,(H2,31,34)(H,32,33)(H,36,37). The minimum Gasteiger partial charge on any atom is -0.481 e. The number of aliphatic carboxylic acids is 1. The van der Waals surface area contributed by atoms with Crippen molar-refractivity contribution in [3.8, 4) is 11.1 Å². The molecule has 0 amide bonds. The fourth-order valence-electron chi connectivity index (χ4n) is 4.76. The lowest BCUT2D eigenvalue weighted by molar-refractivity contribution is -0.136. The number of hydrogen-bond acceptors (Lipinski definition) is 6. The molecule has 1 aliphatic heterocycles. The average molecular weight is 510 g/mol. The third-order valence-corrected chi connectivity index (χ3v) is 7.01. The second-order valence-corrected chi connectivity index (χ2v) is 10.4. The molecule has 0 bridgehead atoms. The van der Waals surface area contributed by atoms with Crippen LogP contribution in [0.3, 0.4) is 0 Å². The summed E-state index contributed by atoms with van der Waals surface area (Å²) in [6.45, 7) is 8.07. The van der Waals surface area contributed by atoms with E-state index in [1.54, 1.807) is 19.1 Å². The summed E-state index contributed by atoms with van der Waals surface area (Å²) in [5.41, 5.74) is 10.3. The predicted octanol–water partition coefficient (Wildman–Crippen LogP) is 5.22. The van der Waals surface area contributed by atoms with Gasteiger partial charge in [0.25, 0.3) is 0 Å². The number of carbonyl (C=O) groups is 1. The number of halogens is 2. The highest BCUT2D eigenvalue weighted by Gasteiger charge is 2.30. The molecule has 2 aromatic heterocycles. The number of rotatable bonds is 8. The van der Waals surface area contributed by atoms with E-state index in [2.05, 4.69) is 34.0 Å². The second-order valence-electron chi connectivity index (χ2n) is 10.4. The lowest BCUT2D eigenvalue weighted by Crippen LogP contribution is -2.38. The highest BCUT2D eigenvalue weighted by molar-refractivity contribution is 5.90. The van der Waals surface area contributed by atoms with E-state index in [4.69, 9.17) is 5.73 Å². The normalized spacial score (nSPS) is 15.0. The Morgan fingerprint density at radius 1 is 1.19 bits per heavy atom. The van der Waals surface area contributed by atoms with E-state index in [-0.39, 0.29) is 29.3 Å². The number of nitrogen functional groups attached to an aromatic ring is 1. The summed E-state index contributed by atoms with van der Waals surface area (Å²) in [4.78, 5) is 22.6. The van der Waals surface area contributed by atoms with Gasteiger partial charge in [0.15, 0.2) is 11.6 Å². The molecule has 0 radical (unpaired) electrons. The van der Waals surface area contributed by atoms with Crippen molar-refractivity contribution in [3.63, 3.8) is 0 Å². The molecule has 7 nitrogen and oxygen atoms in total. The van der Waals surface area contributed by atoms with Crippen molar-refractivity contribution in [1.29, 1.82) is 0 Å². The van der Waals surface area contributed by atoms with Crippen molar-refractivity contribution in [2.45, 2.75) is 46.5 Å². The zero-order valence-electron chi connectivity index (χ0n) is 21.4. The zero-order chi connectivity index (χ0) is 26.7. The van der Waals surface area contributed by atoms with Crippen LogP contribution in [0, 0.1) is 24.0 Å². The molecule has 1 aromatic carbocycles. The Kier molecular flexibility index (Phi) is 7.61. The summed E-state index contributed by atoms with van der Waals surface area (Å²) in [5.74, 6) is -1.52. The molecule has 1 saturated heterocycles. The number of carboxylic acid groups (broad SMARTS) is 1. The molecule has 1 fully saturated rings. The Morgan fingerprint density at radius 3 is 2.49 bits per heavy atom. The van der Waals surface area contributed by atoms with Gasteiger partial charge in [-0.1, -0.05) is 26.0 Å². The third-order valence-electron chi connectivity index (χ3n) is 7.01. The molecule has 0 spiro atoms. The summed E-state index contributed by atoms with van der Waals surface area (Å²) in [6, 6.07) is 7.52. The summed E-state index contributed by atoms with van der Waals surface area (Å²) in [6.07, 6.45) is 3.77. The van der Waals surface area contributed by atoms with Crippen molar-refractivity contribution in [3.05, 3.63) is 65.0 Å². The molecule has 0 atom stereocenters. The fraction of sp³-hybridized carbons (Fsp3) is 0.393. The average Bonchev–Trinajstić information content (AvgIpc) is 2.83. The molecule has 3 heterocycles. The molecule has 196 valence electrons. The van der Waals surface area contributed by atoms with Crippen molar-refractivity contribution in [2.24, 2.45) is 5.41 Å². The SMILES string of the molecule is Cc1nc(N)c(-c2cnc(NCCc3ccc(F)cc3)c(F)c2)c(N2CCC(C)(C)CC2)c1CC(=O)O. The maximum atomic E-state index is 15.2. The monoisotopic (exact) mass is 509 g/mol. The van der Waals surface area contributed by atoms with Crippen LogP contribution in [0.25, 0.3) is 11.1 Å². The van der Waals surface area contributed by atoms with Crippen LogP contribution in [0.4, 0.5) is 26.1 Å². The number of nitrogens with one attached hydrogen (secondary N) is 1. The number of benzene rings is 1. The van der Waals surface area contributed by atoms with Gasteiger partial charge >= 0.3 is 5.97 Å². The van der Waals surface area contributed by atoms with E-state index in [1.165, 1.54) is 24.4 Å². The van der Waals surface area contributed by atoms with E-state index < -0.39 is 11.8 Å². The molecule has 0 saturated carbocycles. The molecule has 4 N–H and O–H groups in total. The first kappa shape index (κ1) is 26.3. The van der Waals surface area contributed by atoms with E-state index in [9.17, 15) is 14.3 Å². The van der Waals surface area contributed by atoms with Crippen LogP contribution in [-0.2, 0) is 17.6 Å². The van der Waals surface area contributed by atoms with Gasteiger partial charge in [0.1, 0.15) is 11.6 Å². The first-order chi connectivity index (χ1) is 17.5. The number of pyridine rings is 2. The van der Waals surface area contributed by atoms with Crippen LogP contribution in [0.15, 0.2) is 36.5 Å². The van der Waals surface area contributed by atoms with Crippen LogP contribution >= 0.6 is 0 Å². The van der Waals surface area contributed by atoms with Gasteiger partial charge in [0, 0.05) is 48.2 Å². The smallest absolute Gasteiger partial charge is 0.307 e. The molecular formula is C28H33F2N5O2. The van der Waals surface area contributed by atoms with Crippen molar-refractivity contribution in [1.82, 2.24) is 9.97 Å². The Morgan fingerprint density at radius 2 is 1.86 bits per heavy atom. The Balaban J connectivity index is 1.65. The largest absolute Gasteiger partial charge is 0.481 e. The quantitative estimate of drug-likeness (QED) is 0.382. The van der Waals surface area contributed by atoms with Crippen LogP contribution in [0.1, 0.15) is 43.5 Å². The molecule has 0 unspecified atom stereocenters. The number of nitrogens with two attached hydrogens (primary N) is 1. The molecular weight excluding hydrogens is 476 g/mol. The van der Waals surface area contributed by atoms with Gasteiger partial charge in [-0.25, -0.2) is 18.7 Å². The molecule has 3 aromatic rings. The highest BCUT2D eigenvalue weighted by Crippen LogP contribution is 2.42. The predicted molar refractivity (Wildman–Crippen MR) is 142 cm³/mol. The number of aryl methyl sites for hydroxylation is 1. The van der Waals surface area contributed by atoms with E-state index >= 15 is 4.39 Å². The van der Waals surface area contributed by atoms with E-state index in [1.807, 2.05) is 0 Å². The maximum absolute atomic E-state index is 15.2. The number of anilines is 3. The number of aromatic nitrogens is 2. The van der Waals surface area contributed by atoms with Gasteiger partial charge in [0.2, 0.25) is 0 Å². The van der Waals surface area contributed by atoms with Crippen LogP contribution < -0.4 is 16.0 Å². The highest BCUT2D eigenvalue weighted by atomic mass is 19.1. The molecule has 37 heavy (non-hydrogen) atoms. The van der Waals surface area contributed by atoms with Gasteiger partial charge in [-0.15, -0.1) is 0 Å². The third kappa shape index (κ3) is 6.15. The molecule has 1 aliphatic rings. The lowest BCUT2D eigenvalue weighted by Gasteiger charge is -2.40. The minimum absolute atomic E-state index is 0.0940. The van der Waals surface area contributed by atoms with Crippen molar-refractivity contribution in [2.75, 3.05) is 35.6 Å². The summed E-state index contributed by atoms with van der Waals surface area (Å²) in [5, 5.41) is 12.6. The van der Waals surface area contributed by atoms with Crippen LogP contribution in [0.2, 0.25) is 0 Å². The molecule has 9 heteroatoms. The number of hydrogen-bond donors (Lipinski definition) is 3. The number of piperidine rings is 1. The van der Waals surface area contributed by atoms with E-state index in [0.29, 0.717) is 41.0 Å². The first-order valence-electron chi connectivity index (χ1n) is 12.4. The zero-order valence-corrected chi connectivity index (χ0v) is 21.4. The minimum atomic E-state index is -0.968. The topological polar surface area (TPSA) is 104 Å². The molecule has 0 aliphatic carbocycles. The summed E-state index contributed by atoms with van der Waals surface area (Å²) >= 11 is 0. The fourth-order valence-corrected chi connectivity index (χ4v) is 4.76. The maximum Gasteiger partial charge on any atom is 0.307 e. The Labute approximate surface area is 215 Å². The first-order valence-corrected chi connectivity index (χ1v) is 12.4.